The second-order valence-electron chi connectivity index (χ2n) is 6.04. The van der Waals surface area contributed by atoms with E-state index < -0.39 is 0 Å². The fraction of sp³-hybridized carbons (Fsp3) is 0.154. The summed E-state index contributed by atoms with van der Waals surface area (Å²) < 4.78 is 0. The number of hydrogen-bond acceptors (Lipinski definition) is 1. The minimum atomic E-state index is 1.14. The molecule has 1 aromatic carbocycles. The molecule has 0 saturated carbocycles. The van der Waals surface area contributed by atoms with Gasteiger partial charge in [0.2, 0.25) is 0 Å². The third-order valence-electron chi connectivity index (χ3n) is 5.04. The molecule has 0 spiro atoms. The molecule has 0 bridgehead atoms. The van der Waals surface area contributed by atoms with Crippen LogP contribution in [0.2, 0.25) is 0 Å². The monoisotopic (exact) mass is 255 g/mol. The molecule has 7 heteroatoms. The van der Waals surface area contributed by atoms with Gasteiger partial charge in [0.15, 0.2) is 7.85 Å². The van der Waals surface area contributed by atoms with Crippen molar-refractivity contribution in [1.82, 2.24) is 4.98 Å². The van der Waals surface area contributed by atoms with Crippen LogP contribution in [0.4, 0.5) is 0 Å². The van der Waals surface area contributed by atoms with E-state index in [0.29, 0.717) is 0 Å². The molecule has 0 radical (unpaired) electrons. The molecule has 2 aromatic rings. The summed E-state index contributed by atoms with van der Waals surface area (Å²) in [7, 11) is 13.1. The quantitative estimate of drug-likeness (QED) is 0.461. The van der Waals surface area contributed by atoms with Gasteiger partial charge in [-0.1, -0.05) is 28.0 Å². The van der Waals surface area contributed by atoms with Crippen molar-refractivity contribution in [3.8, 4) is 11.3 Å². The van der Waals surface area contributed by atoms with E-state index in [1.165, 1.54) is 44.0 Å². The minimum Gasteiger partial charge on any atom is -0.264 e. The first-order chi connectivity index (χ1) is 9.25. The van der Waals surface area contributed by atoms with E-state index in [1.807, 2.05) is 0 Å². The summed E-state index contributed by atoms with van der Waals surface area (Å²) in [5.41, 5.74) is 13.0. The number of aromatic nitrogens is 1. The van der Waals surface area contributed by atoms with Crippen LogP contribution in [0.15, 0.2) is 6.07 Å². The van der Waals surface area contributed by atoms with E-state index in [1.54, 1.807) is 0 Å². The molecule has 0 aliphatic rings. The Kier molecular flexibility index (Phi) is 3.99. The minimum absolute atomic E-state index is 1.14. The Labute approximate surface area is 127 Å². The van der Waals surface area contributed by atoms with Gasteiger partial charge < -0.3 is 0 Å². The lowest BCUT2D eigenvalue weighted by Crippen LogP contribution is -2.48. The van der Waals surface area contributed by atoms with Crippen LogP contribution in [0.5, 0.6) is 0 Å². The zero-order valence-electron chi connectivity index (χ0n) is 14.0. The van der Waals surface area contributed by atoms with E-state index >= 15 is 0 Å². The molecule has 94 valence electrons. The predicted octanol–water partition coefficient (Wildman–Crippen LogP) is -7.08. The average molecular weight is 254 g/mol. The van der Waals surface area contributed by atoms with E-state index in [4.69, 9.17) is 4.98 Å². The van der Waals surface area contributed by atoms with Crippen LogP contribution in [0, 0.1) is 13.8 Å². The van der Waals surface area contributed by atoms with Crippen LogP contribution < -0.4 is 32.9 Å². The molecule has 0 saturated heterocycles. The Morgan fingerprint density at radius 1 is 0.750 bits per heavy atom. The third-order valence-corrected chi connectivity index (χ3v) is 5.04. The van der Waals surface area contributed by atoms with E-state index in [2.05, 4.69) is 67.0 Å². The largest absolute Gasteiger partial charge is 0.264 e. The molecule has 1 aromatic heterocycles. The smallest absolute Gasteiger partial charge is 0.164 e. The van der Waals surface area contributed by atoms with Gasteiger partial charge in [-0.05, 0) is 30.6 Å². The molecule has 1 nitrogen and oxygen atoms in total. The van der Waals surface area contributed by atoms with Gasteiger partial charge >= 0.3 is 0 Å². The SMILES string of the molecule is Bc1cc(-c2nc(B)c(C)c(C)c2B)c(B)c(B)c1B. The Bertz CT molecular complexity index is 649. The summed E-state index contributed by atoms with van der Waals surface area (Å²) in [6, 6.07) is 2.29. The molecule has 0 fully saturated rings. The fourth-order valence-electron chi connectivity index (χ4n) is 2.79. The summed E-state index contributed by atoms with van der Waals surface area (Å²) in [5, 5.41) is 0. The summed E-state index contributed by atoms with van der Waals surface area (Å²) in [6.07, 6.45) is 0. The summed E-state index contributed by atoms with van der Waals surface area (Å²) in [4.78, 5) is 4.88. The zero-order chi connectivity index (χ0) is 15.2. The first-order valence-corrected chi connectivity index (χ1v) is 7.27. The summed E-state index contributed by atoms with van der Waals surface area (Å²) in [5.74, 6) is 0. The maximum Gasteiger partial charge on any atom is 0.164 e. The van der Waals surface area contributed by atoms with Crippen LogP contribution >= 0.6 is 0 Å². The summed E-state index contributed by atoms with van der Waals surface area (Å²) >= 11 is 0. The van der Waals surface area contributed by atoms with Gasteiger partial charge in [0.05, 0.1) is 5.69 Å². The Balaban J connectivity index is 2.83. The first-order valence-electron chi connectivity index (χ1n) is 7.27. The van der Waals surface area contributed by atoms with Gasteiger partial charge in [-0.2, -0.15) is 0 Å². The average Bonchev–Trinajstić information content (AvgIpc) is 2.42. The lowest BCUT2D eigenvalue weighted by atomic mass is 9.64. The van der Waals surface area contributed by atoms with Crippen LogP contribution in [-0.4, -0.2) is 52.1 Å². The standard InChI is InChI=1S/C13H19B6N/c1-4-5(2)13(19)20-12(8(4)15)6-3-7(14)10(17)11(18)9(6)16/h3H,14-19H2,1-2H3. The predicted molar refractivity (Wildman–Crippen MR) is 108 cm³/mol. The Hall–Kier alpha value is -1.24. The van der Waals surface area contributed by atoms with Crippen molar-refractivity contribution in [3.63, 3.8) is 0 Å². The van der Waals surface area contributed by atoms with Gasteiger partial charge in [-0.15, -0.1) is 10.9 Å². The van der Waals surface area contributed by atoms with Crippen LogP contribution in [0.1, 0.15) is 11.1 Å². The van der Waals surface area contributed by atoms with Gasteiger partial charge in [0.1, 0.15) is 39.2 Å². The highest BCUT2D eigenvalue weighted by atomic mass is 14.7. The lowest BCUT2D eigenvalue weighted by molar-refractivity contribution is 1.29. The van der Waals surface area contributed by atoms with Crippen molar-refractivity contribution in [2.24, 2.45) is 0 Å². The van der Waals surface area contributed by atoms with Crippen molar-refractivity contribution >= 4 is 80.0 Å². The Morgan fingerprint density at radius 2 is 1.35 bits per heavy atom. The first kappa shape index (κ1) is 15.2. The number of pyridine rings is 1. The van der Waals surface area contributed by atoms with E-state index in [0.717, 1.165) is 11.3 Å². The van der Waals surface area contributed by atoms with E-state index in [-0.39, 0.29) is 0 Å². The van der Waals surface area contributed by atoms with Gasteiger partial charge in [0.25, 0.3) is 0 Å². The summed E-state index contributed by atoms with van der Waals surface area (Å²) in [6.45, 7) is 4.36. The third kappa shape index (κ3) is 2.28. The molecule has 20 heavy (non-hydrogen) atoms. The molecule has 0 aliphatic carbocycles. The van der Waals surface area contributed by atoms with Gasteiger partial charge in [-0.25, -0.2) is 0 Å². The maximum absolute atomic E-state index is 4.88. The zero-order valence-corrected chi connectivity index (χ0v) is 14.0. The van der Waals surface area contributed by atoms with Gasteiger partial charge in [0, 0.05) is 0 Å². The van der Waals surface area contributed by atoms with Gasteiger partial charge in [-0.3, -0.25) is 4.98 Å². The van der Waals surface area contributed by atoms with Crippen molar-refractivity contribution in [2.45, 2.75) is 13.8 Å². The van der Waals surface area contributed by atoms with Crippen LogP contribution in [0.25, 0.3) is 11.3 Å². The lowest BCUT2D eigenvalue weighted by Gasteiger charge is -2.19. The number of nitrogens with zero attached hydrogens (tertiary/aromatic N) is 1. The molecule has 0 amide bonds. The normalized spacial score (nSPS) is 10.7. The highest BCUT2D eigenvalue weighted by molar-refractivity contribution is 6.63. The molecule has 2 rings (SSSR count). The highest BCUT2D eigenvalue weighted by Crippen LogP contribution is 2.11. The van der Waals surface area contributed by atoms with E-state index in [9.17, 15) is 0 Å². The van der Waals surface area contributed by atoms with Crippen LogP contribution in [-0.2, 0) is 0 Å². The Morgan fingerprint density at radius 3 is 1.95 bits per heavy atom. The number of benzene rings is 1. The molecular weight excluding hydrogens is 235 g/mol. The highest BCUT2D eigenvalue weighted by Gasteiger charge is 2.14. The maximum atomic E-state index is 4.88. The topological polar surface area (TPSA) is 12.9 Å². The van der Waals surface area contributed by atoms with Crippen molar-refractivity contribution in [2.75, 3.05) is 0 Å². The van der Waals surface area contributed by atoms with Crippen molar-refractivity contribution in [1.29, 1.82) is 0 Å². The molecule has 0 aliphatic heterocycles. The molecule has 0 unspecified atom stereocenters. The van der Waals surface area contributed by atoms with Crippen LogP contribution in [0.3, 0.4) is 0 Å². The molecular formula is C13H19B6N. The molecule has 0 atom stereocenters. The number of rotatable bonds is 1. The second kappa shape index (κ2) is 5.27. The molecule has 0 N–H and O–H groups in total. The van der Waals surface area contributed by atoms with Crippen molar-refractivity contribution < 1.29 is 0 Å². The fourth-order valence-corrected chi connectivity index (χ4v) is 2.79. The second-order valence-corrected chi connectivity index (χ2v) is 6.04. The van der Waals surface area contributed by atoms with Crippen molar-refractivity contribution in [3.05, 3.63) is 17.2 Å². The number of hydrogen-bond donors (Lipinski definition) is 0. The molecule has 1 heterocycles.